The largest absolute Gasteiger partial charge is 0.474 e. The molecule has 12 heteroatoms. The van der Waals surface area contributed by atoms with Gasteiger partial charge in [-0.05, 0) is 66.9 Å². The van der Waals surface area contributed by atoms with E-state index in [1.165, 1.54) is 17.0 Å². The van der Waals surface area contributed by atoms with Crippen LogP contribution in [0.2, 0.25) is 0 Å². The summed E-state index contributed by atoms with van der Waals surface area (Å²) in [6.07, 6.45) is 6.11. The Balaban J connectivity index is 1.73. The standard InChI is InChI=1S/C26H26Br2N4O6/c1-15(2)38-23(33)14-37-24-20(28)10-16(11-22(24)32(35)36)13-29-31-25(17-6-4-3-5-7-17)30-21-9-8-18(27)12-19(21)26(31)34/h8-13,15,17H,3-7,14H2,1-2H3. The van der Waals surface area contributed by atoms with Gasteiger partial charge in [0.15, 0.2) is 6.61 Å². The average molecular weight is 650 g/mol. The lowest BCUT2D eigenvalue weighted by Crippen LogP contribution is -2.25. The molecule has 1 fully saturated rings. The van der Waals surface area contributed by atoms with Gasteiger partial charge in [-0.1, -0.05) is 35.2 Å². The number of ether oxygens (including phenoxy) is 2. The fourth-order valence-corrected chi connectivity index (χ4v) is 5.35. The van der Waals surface area contributed by atoms with E-state index >= 15 is 0 Å². The van der Waals surface area contributed by atoms with Gasteiger partial charge >= 0.3 is 11.7 Å². The van der Waals surface area contributed by atoms with Crippen LogP contribution >= 0.6 is 31.9 Å². The summed E-state index contributed by atoms with van der Waals surface area (Å²) in [5.41, 5.74) is 0.279. The lowest BCUT2D eigenvalue weighted by atomic mass is 9.88. The predicted molar refractivity (Wildman–Crippen MR) is 150 cm³/mol. The zero-order chi connectivity index (χ0) is 27.4. The Morgan fingerprint density at radius 2 is 1.97 bits per heavy atom. The van der Waals surface area contributed by atoms with Crippen molar-refractivity contribution in [2.75, 3.05) is 6.61 Å². The molecule has 0 N–H and O–H groups in total. The van der Waals surface area contributed by atoms with Crippen molar-refractivity contribution in [1.29, 1.82) is 0 Å². The Labute approximate surface area is 235 Å². The van der Waals surface area contributed by atoms with Crippen LogP contribution in [0.5, 0.6) is 5.75 Å². The molecule has 0 bridgehead atoms. The third-order valence-electron chi connectivity index (χ3n) is 6.07. The van der Waals surface area contributed by atoms with Crippen molar-refractivity contribution in [3.05, 3.63) is 71.1 Å². The van der Waals surface area contributed by atoms with E-state index < -0.39 is 17.5 Å². The van der Waals surface area contributed by atoms with E-state index in [4.69, 9.17) is 14.5 Å². The molecule has 2 aromatic carbocycles. The molecule has 0 atom stereocenters. The summed E-state index contributed by atoms with van der Waals surface area (Å²) in [6, 6.07) is 8.19. The summed E-state index contributed by atoms with van der Waals surface area (Å²) in [7, 11) is 0. The lowest BCUT2D eigenvalue weighted by Gasteiger charge is -2.22. The number of rotatable bonds is 8. The zero-order valence-corrected chi connectivity index (χ0v) is 24.0. The maximum Gasteiger partial charge on any atom is 0.344 e. The minimum Gasteiger partial charge on any atom is -0.474 e. The number of aromatic nitrogens is 2. The summed E-state index contributed by atoms with van der Waals surface area (Å²) in [4.78, 5) is 41.3. The molecule has 0 aliphatic heterocycles. The smallest absolute Gasteiger partial charge is 0.344 e. The summed E-state index contributed by atoms with van der Waals surface area (Å²) < 4.78 is 12.7. The van der Waals surface area contributed by atoms with Crippen molar-refractivity contribution in [3.63, 3.8) is 0 Å². The van der Waals surface area contributed by atoms with Crippen LogP contribution in [-0.2, 0) is 9.53 Å². The molecule has 0 radical (unpaired) electrons. The second kappa shape index (κ2) is 12.2. The van der Waals surface area contributed by atoms with Crippen molar-refractivity contribution in [3.8, 4) is 5.75 Å². The minimum atomic E-state index is -0.642. The Morgan fingerprint density at radius 1 is 1.24 bits per heavy atom. The highest BCUT2D eigenvalue weighted by Crippen LogP contribution is 2.36. The molecule has 200 valence electrons. The van der Waals surface area contributed by atoms with Gasteiger partial charge in [-0.15, -0.1) is 0 Å². The average Bonchev–Trinajstić information content (AvgIpc) is 2.87. The molecular weight excluding hydrogens is 624 g/mol. The van der Waals surface area contributed by atoms with Gasteiger partial charge in [0.1, 0.15) is 5.82 Å². The van der Waals surface area contributed by atoms with E-state index in [1.807, 2.05) is 6.07 Å². The first-order valence-corrected chi connectivity index (χ1v) is 13.8. The Morgan fingerprint density at radius 3 is 2.66 bits per heavy atom. The number of nitro benzene ring substituents is 1. The van der Waals surface area contributed by atoms with E-state index in [9.17, 15) is 19.7 Å². The highest BCUT2D eigenvalue weighted by molar-refractivity contribution is 9.10. The summed E-state index contributed by atoms with van der Waals surface area (Å²) in [6.45, 7) is 2.90. The van der Waals surface area contributed by atoms with Gasteiger partial charge in [0.05, 0.1) is 32.6 Å². The molecule has 1 aliphatic carbocycles. The number of carbonyl (C=O) groups is 1. The van der Waals surface area contributed by atoms with Gasteiger partial charge in [0, 0.05) is 22.0 Å². The molecule has 1 heterocycles. The maximum absolute atomic E-state index is 13.5. The van der Waals surface area contributed by atoms with E-state index in [2.05, 4.69) is 37.0 Å². The Hall–Kier alpha value is -3.12. The fourth-order valence-electron chi connectivity index (χ4n) is 4.41. The number of benzene rings is 2. The Bertz CT molecular complexity index is 1460. The highest BCUT2D eigenvalue weighted by Gasteiger charge is 2.24. The van der Waals surface area contributed by atoms with E-state index in [1.54, 1.807) is 32.0 Å². The monoisotopic (exact) mass is 648 g/mol. The number of nitro groups is 1. The number of hydrogen-bond donors (Lipinski definition) is 0. The maximum atomic E-state index is 13.5. The van der Waals surface area contributed by atoms with Gasteiger partial charge in [-0.3, -0.25) is 14.9 Å². The number of hydrogen-bond acceptors (Lipinski definition) is 8. The van der Waals surface area contributed by atoms with Crippen LogP contribution in [-0.4, -0.2) is 39.5 Å². The summed E-state index contributed by atoms with van der Waals surface area (Å²) in [5, 5.41) is 16.7. The molecular formula is C26H26Br2N4O6. The molecule has 3 aromatic rings. The van der Waals surface area contributed by atoms with Crippen molar-refractivity contribution >= 4 is 60.6 Å². The first-order valence-electron chi connectivity index (χ1n) is 12.2. The topological polar surface area (TPSA) is 126 Å². The van der Waals surface area contributed by atoms with E-state index in [0.29, 0.717) is 22.3 Å². The molecule has 38 heavy (non-hydrogen) atoms. The molecule has 1 aromatic heterocycles. The number of fused-ring (bicyclic) bond motifs is 1. The van der Waals surface area contributed by atoms with Crippen LogP contribution in [0.15, 0.2) is 49.2 Å². The molecule has 4 rings (SSSR count). The predicted octanol–water partition coefficient (Wildman–Crippen LogP) is 6.09. The number of halogens is 2. The summed E-state index contributed by atoms with van der Waals surface area (Å²) >= 11 is 6.70. The number of nitrogens with zero attached hydrogens (tertiary/aromatic N) is 4. The first-order chi connectivity index (χ1) is 18.1. The summed E-state index contributed by atoms with van der Waals surface area (Å²) in [5.74, 6) is -0.0796. The molecule has 0 amide bonds. The van der Waals surface area contributed by atoms with Crippen LogP contribution in [0.3, 0.4) is 0 Å². The van der Waals surface area contributed by atoms with Crippen molar-refractivity contribution < 1.29 is 19.2 Å². The molecule has 10 nitrogen and oxygen atoms in total. The molecule has 0 saturated heterocycles. The third-order valence-corrected chi connectivity index (χ3v) is 7.15. The second-order valence-electron chi connectivity index (χ2n) is 9.26. The lowest BCUT2D eigenvalue weighted by molar-refractivity contribution is -0.385. The number of esters is 1. The second-order valence-corrected chi connectivity index (χ2v) is 11.0. The van der Waals surface area contributed by atoms with Crippen LogP contribution in [0.4, 0.5) is 5.69 Å². The van der Waals surface area contributed by atoms with Crippen molar-refractivity contribution in [2.45, 2.75) is 58.0 Å². The molecule has 1 aliphatic rings. The van der Waals surface area contributed by atoms with Crippen LogP contribution in [0, 0.1) is 10.1 Å². The van der Waals surface area contributed by atoms with Crippen LogP contribution in [0.1, 0.15) is 63.3 Å². The fraction of sp³-hybridized carbons (Fsp3) is 0.385. The van der Waals surface area contributed by atoms with Gasteiger partial charge in [-0.2, -0.15) is 9.78 Å². The number of carbonyl (C=O) groups excluding carboxylic acids is 1. The van der Waals surface area contributed by atoms with Crippen LogP contribution < -0.4 is 10.3 Å². The van der Waals surface area contributed by atoms with Crippen molar-refractivity contribution in [1.82, 2.24) is 9.66 Å². The third kappa shape index (κ3) is 6.47. The normalized spacial score (nSPS) is 14.3. The van der Waals surface area contributed by atoms with Gasteiger partial charge in [-0.25, -0.2) is 9.78 Å². The van der Waals surface area contributed by atoms with Crippen molar-refractivity contribution in [2.24, 2.45) is 5.10 Å². The Kier molecular flexibility index (Phi) is 8.93. The van der Waals surface area contributed by atoms with Gasteiger partial charge < -0.3 is 9.47 Å². The quantitative estimate of drug-likeness (QED) is 0.125. The minimum absolute atomic E-state index is 0.0871. The van der Waals surface area contributed by atoms with E-state index in [0.717, 1.165) is 36.6 Å². The molecule has 0 spiro atoms. The molecule has 1 saturated carbocycles. The molecule has 0 unspecified atom stereocenters. The SMILES string of the molecule is CC(C)OC(=O)COc1c(Br)cc(C=Nn2c(C3CCCCC3)nc3ccc(Br)cc3c2=O)cc1[N+](=O)[O-]. The van der Waals surface area contributed by atoms with Gasteiger partial charge in [0.2, 0.25) is 5.75 Å². The zero-order valence-electron chi connectivity index (χ0n) is 20.9. The van der Waals surface area contributed by atoms with E-state index in [-0.39, 0.29) is 33.5 Å². The van der Waals surface area contributed by atoms with Gasteiger partial charge in [0.25, 0.3) is 5.56 Å². The first kappa shape index (κ1) is 27.9. The van der Waals surface area contributed by atoms with Crippen LogP contribution in [0.25, 0.3) is 10.9 Å². The highest BCUT2D eigenvalue weighted by atomic mass is 79.9.